The molecule has 3 atom stereocenters. The number of aromatic nitrogens is 1. The van der Waals surface area contributed by atoms with Gasteiger partial charge in [0.05, 0.1) is 24.4 Å². The summed E-state index contributed by atoms with van der Waals surface area (Å²) < 4.78 is 5.70. The Hall–Kier alpha value is -0.650. The standard InChI is InChI=1S/C12H21N3OS/c1-4-10-6-16-8(2)5-15(10)12-14-11(7-17-12)9(3)13/h7-10H,4-6,13H2,1-3H3. The van der Waals surface area contributed by atoms with Crippen molar-refractivity contribution < 1.29 is 4.74 Å². The lowest BCUT2D eigenvalue weighted by Crippen LogP contribution is -2.48. The molecule has 1 saturated heterocycles. The SMILES string of the molecule is CCC1COC(C)CN1c1nc(C(C)N)cs1. The molecule has 2 rings (SSSR count). The molecule has 4 nitrogen and oxygen atoms in total. The number of ether oxygens (including phenoxy) is 1. The third-order valence-corrected chi connectivity index (χ3v) is 4.06. The summed E-state index contributed by atoms with van der Waals surface area (Å²) in [6.07, 6.45) is 1.36. The first kappa shape index (κ1) is 12.8. The molecular weight excluding hydrogens is 234 g/mol. The molecule has 1 aliphatic rings. The molecule has 2 N–H and O–H groups in total. The normalized spacial score (nSPS) is 27.2. The van der Waals surface area contributed by atoms with Gasteiger partial charge in [-0.2, -0.15) is 0 Å². The van der Waals surface area contributed by atoms with Crippen LogP contribution in [-0.2, 0) is 4.74 Å². The number of anilines is 1. The van der Waals surface area contributed by atoms with Crippen molar-refractivity contribution in [1.82, 2.24) is 4.98 Å². The van der Waals surface area contributed by atoms with Crippen LogP contribution in [0.15, 0.2) is 5.38 Å². The van der Waals surface area contributed by atoms with E-state index in [0.717, 1.165) is 30.4 Å². The maximum Gasteiger partial charge on any atom is 0.185 e. The topological polar surface area (TPSA) is 51.4 Å². The van der Waals surface area contributed by atoms with E-state index in [-0.39, 0.29) is 12.1 Å². The third kappa shape index (κ3) is 2.78. The maximum absolute atomic E-state index is 5.85. The third-order valence-electron chi connectivity index (χ3n) is 3.16. The van der Waals surface area contributed by atoms with Crippen LogP contribution in [0.2, 0.25) is 0 Å². The molecule has 5 heteroatoms. The Kier molecular flexibility index (Phi) is 4.01. The molecule has 1 aromatic heterocycles. The molecule has 0 spiro atoms. The van der Waals surface area contributed by atoms with Crippen LogP contribution >= 0.6 is 11.3 Å². The first-order valence-corrected chi connectivity index (χ1v) is 7.09. The van der Waals surface area contributed by atoms with Gasteiger partial charge in [0.25, 0.3) is 0 Å². The average molecular weight is 255 g/mol. The molecule has 96 valence electrons. The predicted molar refractivity (Wildman–Crippen MR) is 71.6 cm³/mol. The van der Waals surface area contributed by atoms with Gasteiger partial charge in [-0.25, -0.2) is 4.98 Å². The summed E-state index contributed by atoms with van der Waals surface area (Å²) in [5.74, 6) is 0. The van der Waals surface area contributed by atoms with Gasteiger partial charge >= 0.3 is 0 Å². The second-order valence-electron chi connectivity index (χ2n) is 4.70. The highest BCUT2D eigenvalue weighted by Crippen LogP contribution is 2.28. The van der Waals surface area contributed by atoms with Crippen LogP contribution in [0, 0.1) is 0 Å². The molecule has 0 radical (unpaired) electrons. The van der Waals surface area contributed by atoms with Crippen LogP contribution < -0.4 is 10.6 Å². The molecule has 3 unspecified atom stereocenters. The van der Waals surface area contributed by atoms with Gasteiger partial charge in [-0.1, -0.05) is 6.92 Å². The van der Waals surface area contributed by atoms with Gasteiger partial charge in [0.1, 0.15) is 0 Å². The molecule has 0 aliphatic carbocycles. The number of hydrogen-bond acceptors (Lipinski definition) is 5. The van der Waals surface area contributed by atoms with Crippen LogP contribution in [0.4, 0.5) is 5.13 Å². The monoisotopic (exact) mass is 255 g/mol. The van der Waals surface area contributed by atoms with E-state index in [1.807, 2.05) is 6.92 Å². The molecule has 1 fully saturated rings. The average Bonchev–Trinajstić information content (AvgIpc) is 2.78. The van der Waals surface area contributed by atoms with E-state index in [9.17, 15) is 0 Å². The van der Waals surface area contributed by atoms with E-state index in [4.69, 9.17) is 10.5 Å². The fourth-order valence-corrected chi connectivity index (χ4v) is 3.04. The molecular formula is C12H21N3OS. The van der Waals surface area contributed by atoms with Gasteiger partial charge in [-0.05, 0) is 20.3 Å². The number of morpholine rings is 1. The van der Waals surface area contributed by atoms with E-state index in [0.29, 0.717) is 6.04 Å². The lowest BCUT2D eigenvalue weighted by atomic mass is 10.1. The number of thiazole rings is 1. The molecule has 1 aliphatic heterocycles. The second kappa shape index (κ2) is 5.33. The van der Waals surface area contributed by atoms with Gasteiger partial charge < -0.3 is 15.4 Å². The Labute approximate surface area is 107 Å². The molecule has 1 aromatic rings. The van der Waals surface area contributed by atoms with E-state index in [1.54, 1.807) is 11.3 Å². The highest BCUT2D eigenvalue weighted by Gasteiger charge is 2.27. The van der Waals surface area contributed by atoms with Crippen LogP contribution in [0.3, 0.4) is 0 Å². The first-order valence-electron chi connectivity index (χ1n) is 6.21. The minimum atomic E-state index is 0.0125. The highest BCUT2D eigenvalue weighted by molar-refractivity contribution is 7.13. The lowest BCUT2D eigenvalue weighted by Gasteiger charge is -2.38. The Morgan fingerprint density at radius 3 is 3.06 bits per heavy atom. The predicted octanol–water partition coefficient (Wildman–Crippen LogP) is 2.17. The summed E-state index contributed by atoms with van der Waals surface area (Å²) >= 11 is 1.68. The fourth-order valence-electron chi connectivity index (χ4n) is 2.03. The summed E-state index contributed by atoms with van der Waals surface area (Å²) in [5, 5.41) is 3.15. The summed E-state index contributed by atoms with van der Waals surface area (Å²) in [4.78, 5) is 7.00. The van der Waals surface area contributed by atoms with E-state index >= 15 is 0 Å². The maximum atomic E-state index is 5.85. The zero-order chi connectivity index (χ0) is 12.4. The summed E-state index contributed by atoms with van der Waals surface area (Å²) in [6.45, 7) is 7.99. The Morgan fingerprint density at radius 2 is 2.47 bits per heavy atom. The summed E-state index contributed by atoms with van der Waals surface area (Å²) in [7, 11) is 0. The van der Waals surface area contributed by atoms with Gasteiger partial charge in [0, 0.05) is 18.0 Å². The molecule has 2 heterocycles. The van der Waals surface area contributed by atoms with Gasteiger partial charge in [0.15, 0.2) is 5.13 Å². The van der Waals surface area contributed by atoms with Crippen molar-refractivity contribution >= 4 is 16.5 Å². The fraction of sp³-hybridized carbons (Fsp3) is 0.750. The highest BCUT2D eigenvalue weighted by atomic mass is 32.1. The Balaban J connectivity index is 2.17. The number of nitrogens with zero attached hydrogens (tertiary/aromatic N) is 2. The van der Waals surface area contributed by atoms with Crippen LogP contribution in [-0.4, -0.2) is 30.3 Å². The zero-order valence-electron chi connectivity index (χ0n) is 10.7. The number of nitrogens with two attached hydrogens (primary N) is 1. The van der Waals surface area contributed by atoms with Gasteiger partial charge in [-0.15, -0.1) is 11.3 Å². The van der Waals surface area contributed by atoms with Crippen LogP contribution in [0.5, 0.6) is 0 Å². The molecule has 0 saturated carbocycles. The molecule has 17 heavy (non-hydrogen) atoms. The zero-order valence-corrected chi connectivity index (χ0v) is 11.5. The molecule has 0 aromatic carbocycles. The lowest BCUT2D eigenvalue weighted by molar-refractivity contribution is 0.0299. The Bertz CT molecular complexity index is 366. The van der Waals surface area contributed by atoms with Crippen molar-refractivity contribution in [3.63, 3.8) is 0 Å². The van der Waals surface area contributed by atoms with E-state index < -0.39 is 0 Å². The summed E-state index contributed by atoms with van der Waals surface area (Å²) in [5.41, 5.74) is 6.84. The second-order valence-corrected chi connectivity index (χ2v) is 5.54. The van der Waals surface area contributed by atoms with Crippen LogP contribution in [0.1, 0.15) is 38.9 Å². The Morgan fingerprint density at radius 1 is 1.71 bits per heavy atom. The minimum absolute atomic E-state index is 0.0125. The van der Waals surface area contributed by atoms with Crippen molar-refractivity contribution in [2.75, 3.05) is 18.1 Å². The summed E-state index contributed by atoms with van der Waals surface area (Å²) in [6, 6.07) is 0.455. The number of hydrogen-bond donors (Lipinski definition) is 1. The first-order chi connectivity index (χ1) is 8.11. The van der Waals surface area contributed by atoms with Gasteiger partial charge in [-0.3, -0.25) is 0 Å². The quantitative estimate of drug-likeness (QED) is 0.899. The van der Waals surface area contributed by atoms with E-state index in [1.165, 1.54) is 0 Å². The van der Waals surface area contributed by atoms with E-state index in [2.05, 4.69) is 29.1 Å². The largest absolute Gasteiger partial charge is 0.375 e. The molecule has 0 bridgehead atoms. The van der Waals surface area contributed by atoms with Crippen molar-refractivity contribution in [3.05, 3.63) is 11.1 Å². The van der Waals surface area contributed by atoms with Crippen molar-refractivity contribution in [2.24, 2.45) is 5.73 Å². The van der Waals surface area contributed by atoms with Crippen LogP contribution in [0.25, 0.3) is 0 Å². The minimum Gasteiger partial charge on any atom is -0.375 e. The van der Waals surface area contributed by atoms with Gasteiger partial charge in [0.2, 0.25) is 0 Å². The van der Waals surface area contributed by atoms with Crippen molar-refractivity contribution in [2.45, 2.75) is 45.4 Å². The molecule has 0 amide bonds. The number of rotatable bonds is 3. The smallest absolute Gasteiger partial charge is 0.185 e. The van der Waals surface area contributed by atoms with Crippen molar-refractivity contribution in [1.29, 1.82) is 0 Å². The van der Waals surface area contributed by atoms with Crippen molar-refractivity contribution in [3.8, 4) is 0 Å².